The first-order valence-electron chi connectivity index (χ1n) is 23.8. The van der Waals surface area contributed by atoms with Crippen LogP contribution in [0.5, 0.6) is 0 Å². The molecule has 8 atom stereocenters. The Morgan fingerprint density at radius 2 is 1.12 bits per heavy atom. The molecule has 1 heterocycles. The number of amides is 1. The zero-order valence-corrected chi connectivity index (χ0v) is 36.6. The van der Waals surface area contributed by atoms with Crippen LogP contribution in [0.2, 0.25) is 0 Å². The number of hydrogen-bond acceptors (Lipinski definition) is 8. The minimum atomic E-state index is -1.56. The molecule has 1 rings (SSSR count). The van der Waals surface area contributed by atoms with Gasteiger partial charge < -0.3 is 40.3 Å². The highest BCUT2D eigenvalue weighted by Crippen LogP contribution is 2.23. The quantitative estimate of drug-likeness (QED) is 0.0266. The average molecular weight is 798 g/mol. The fourth-order valence-electron chi connectivity index (χ4n) is 7.66. The molecule has 1 aliphatic heterocycles. The van der Waals surface area contributed by atoms with E-state index in [-0.39, 0.29) is 12.5 Å². The Morgan fingerprint density at radius 1 is 0.661 bits per heavy atom. The first kappa shape index (κ1) is 52.9. The summed E-state index contributed by atoms with van der Waals surface area (Å²) in [6.07, 6.45) is 34.0. The summed E-state index contributed by atoms with van der Waals surface area (Å²) < 4.78 is 11.2. The van der Waals surface area contributed by atoms with Crippen molar-refractivity contribution in [1.82, 2.24) is 5.32 Å². The number of hydrogen-bond donors (Lipinski definition) is 6. The van der Waals surface area contributed by atoms with Crippen molar-refractivity contribution < 1.29 is 39.8 Å². The average Bonchev–Trinajstić information content (AvgIpc) is 3.20. The molecule has 0 aromatic heterocycles. The second kappa shape index (κ2) is 37.0. The van der Waals surface area contributed by atoms with Gasteiger partial charge in [-0.1, -0.05) is 206 Å². The Labute approximate surface area is 344 Å². The number of nitrogens with one attached hydrogen (secondary N) is 1. The van der Waals surface area contributed by atoms with E-state index in [2.05, 4.69) is 26.1 Å². The maximum Gasteiger partial charge on any atom is 0.220 e. The predicted molar refractivity (Wildman–Crippen MR) is 230 cm³/mol. The Morgan fingerprint density at radius 3 is 1.61 bits per heavy atom. The van der Waals surface area contributed by atoms with Crippen LogP contribution in [0.25, 0.3) is 0 Å². The fraction of sp³-hybridized carbons (Fsp3) is 0.936. The van der Waals surface area contributed by atoms with Crippen LogP contribution in [0.3, 0.4) is 0 Å². The lowest BCUT2D eigenvalue weighted by Crippen LogP contribution is -2.60. The molecule has 0 aromatic rings. The molecule has 8 unspecified atom stereocenters. The largest absolute Gasteiger partial charge is 0.394 e. The monoisotopic (exact) mass is 798 g/mol. The van der Waals surface area contributed by atoms with Gasteiger partial charge in [-0.25, -0.2) is 0 Å². The van der Waals surface area contributed by atoms with Crippen LogP contribution in [0, 0.1) is 5.92 Å². The van der Waals surface area contributed by atoms with Crippen molar-refractivity contribution in [1.29, 1.82) is 0 Å². The molecule has 9 heteroatoms. The summed E-state index contributed by atoms with van der Waals surface area (Å²) in [6, 6.07) is -0.799. The maximum atomic E-state index is 13.0. The molecule has 1 fully saturated rings. The van der Waals surface area contributed by atoms with Gasteiger partial charge >= 0.3 is 0 Å². The summed E-state index contributed by atoms with van der Waals surface area (Å²) in [7, 11) is 0. The van der Waals surface area contributed by atoms with Crippen LogP contribution >= 0.6 is 0 Å². The van der Waals surface area contributed by atoms with Crippen LogP contribution in [0.4, 0.5) is 0 Å². The molecule has 332 valence electrons. The molecule has 1 amide bonds. The molecule has 1 saturated heterocycles. The summed E-state index contributed by atoms with van der Waals surface area (Å²) in [5.41, 5.74) is 0. The van der Waals surface area contributed by atoms with Crippen molar-refractivity contribution in [3.05, 3.63) is 12.2 Å². The van der Waals surface area contributed by atoms with Crippen molar-refractivity contribution in [2.75, 3.05) is 13.2 Å². The normalized spacial score (nSPS) is 21.8. The van der Waals surface area contributed by atoms with Crippen molar-refractivity contribution >= 4 is 5.91 Å². The first-order valence-corrected chi connectivity index (χ1v) is 23.8. The van der Waals surface area contributed by atoms with Gasteiger partial charge in [0.25, 0.3) is 0 Å². The summed E-state index contributed by atoms with van der Waals surface area (Å²) >= 11 is 0. The lowest BCUT2D eigenvalue weighted by Gasteiger charge is -2.40. The molecule has 0 spiro atoms. The molecule has 9 nitrogen and oxygen atoms in total. The van der Waals surface area contributed by atoms with Gasteiger partial charge in [-0.2, -0.15) is 0 Å². The van der Waals surface area contributed by atoms with Gasteiger partial charge in [0.2, 0.25) is 5.91 Å². The van der Waals surface area contributed by atoms with E-state index in [0.29, 0.717) is 6.42 Å². The number of carbonyl (C=O) groups is 1. The second-order valence-electron chi connectivity index (χ2n) is 17.2. The SMILES string of the molecule is CCCCCCCCCCCCCCCCCCCCCCC(=O)NC(COC1OC(CO)C(O)C(O)C1O)C(O)C=CCCCCCCCCCC(C)CC. The minimum Gasteiger partial charge on any atom is -0.394 e. The van der Waals surface area contributed by atoms with E-state index >= 15 is 0 Å². The van der Waals surface area contributed by atoms with E-state index in [1.807, 2.05) is 6.08 Å². The predicted octanol–water partition coefficient (Wildman–Crippen LogP) is 9.97. The molecule has 0 aliphatic carbocycles. The number of carbonyl (C=O) groups excluding carboxylic acids is 1. The van der Waals surface area contributed by atoms with Crippen LogP contribution < -0.4 is 5.32 Å². The van der Waals surface area contributed by atoms with Gasteiger partial charge in [0.15, 0.2) is 6.29 Å². The molecule has 1 aliphatic rings. The standard InChI is InChI=1S/C47H91NO8/c1-4-6-7-8-9-10-11-12-13-14-15-16-17-18-19-20-24-27-30-33-36-43(51)48-40(38-55-47-46(54)45(53)44(52)42(37-49)56-47)41(50)35-32-29-26-23-21-22-25-28-31-34-39(3)5-2/h32,35,39-42,44-47,49-50,52-54H,4-31,33-34,36-38H2,1-3H3,(H,48,51). The van der Waals surface area contributed by atoms with Gasteiger partial charge in [0.05, 0.1) is 25.4 Å². The molecule has 0 radical (unpaired) electrons. The van der Waals surface area contributed by atoms with Crippen molar-refractivity contribution in [2.24, 2.45) is 5.92 Å². The lowest BCUT2D eigenvalue weighted by molar-refractivity contribution is -0.302. The third-order valence-electron chi connectivity index (χ3n) is 11.9. The highest BCUT2D eigenvalue weighted by atomic mass is 16.7. The van der Waals surface area contributed by atoms with Gasteiger partial charge in [0.1, 0.15) is 24.4 Å². The van der Waals surface area contributed by atoms with E-state index < -0.39 is 49.5 Å². The van der Waals surface area contributed by atoms with Gasteiger partial charge in [-0.15, -0.1) is 0 Å². The third-order valence-corrected chi connectivity index (χ3v) is 11.9. The number of ether oxygens (including phenoxy) is 2. The van der Waals surface area contributed by atoms with Crippen LogP contribution in [-0.4, -0.2) is 87.5 Å². The summed E-state index contributed by atoms with van der Waals surface area (Å²) in [5.74, 6) is 0.656. The summed E-state index contributed by atoms with van der Waals surface area (Å²) in [4.78, 5) is 13.0. The zero-order valence-electron chi connectivity index (χ0n) is 36.6. The second-order valence-corrected chi connectivity index (χ2v) is 17.2. The van der Waals surface area contributed by atoms with Crippen LogP contribution in [0.1, 0.15) is 220 Å². The number of rotatable bonds is 39. The lowest BCUT2D eigenvalue weighted by atomic mass is 9.99. The minimum absolute atomic E-state index is 0.175. The van der Waals surface area contributed by atoms with E-state index in [4.69, 9.17) is 9.47 Å². The Balaban J connectivity index is 2.30. The molecule has 6 N–H and O–H groups in total. The van der Waals surface area contributed by atoms with E-state index in [1.54, 1.807) is 6.08 Å². The molecule has 56 heavy (non-hydrogen) atoms. The Hall–Kier alpha value is -1.07. The number of aliphatic hydroxyl groups excluding tert-OH is 5. The maximum absolute atomic E-state index is 13.0. The zero-order chi connectivity index (χ0) is 41.1. The number of allylic oxidation sites excluding steroid dienone is 1. The van der Waals surface area contributed by atoms with E-state index in [1.165, 1.54) is 154 Å². The van der Waals surface area contributed by atoms with E-state index in [0.717, 1.165) is 44.4 Å². The summed E-state index contributed by atoms with van der Waals surface area (Å²) in [6.45, 7) is 6.12. The topological polar surface area (TPSA) is 149 Å². The number of aliphatic hydroxyl groups is 5. The molecule has 0 saturated carbocycles. The molecule has 0 aromatic carbocycles. The first-order chi connectivity index (χ1) is 27.2. The molecular formula is C47H91NO8. The Kier molecular flexibility index (Phi) is 35.0. The highest BCUT2D eigenvalue weighted by molar-refractivity contribution is 5.76. The van der Waals surface area contributed by atoms with Gasteiger partial charge in [0, 0.05) is 6.42 Å². The fourth-order valence-corrected chi connectivity index (χ4v) is 7.66. The number of unbranched alkanes of at least 4 members (excludes halogenated alkanes) is 26. The van der Waals surface area contributed by atoms with E-state index in [9.17, 15) is 30.3 Å². The van der Waals surface area contributed by atoms with Crippen molar-refractivity contribution in [3.63, 3.8) is 0 Å². The van der Waals surface area contributed by atoms with Gasteiger partial charge in [-0.05, 0) is 25.2 Å². The third kappa shape index (κ3) is 27.6. The van der Waals surface area contributed by atoms with Crippen molar-refractivity contribution in [3.8, 4) is 0 Å². The van der Waals surface area contributed by atoms with Gasteiger partial charge in [-0.3, -0.25) is 4.79 Å². The van der Waals surface area contributed by atoms with Crippen LogP contribution in [-0.2, 0) is 14.3 Å². The Bertz CT molecular complexity index is 903. The molecule has 0 bridgehead atoms. The van der Waals surface area contributed by atoms with Crippen molar-refractivity contribution in [2.45, 2.75) is 263 Å². The smallest absolute Gasteiger partial charge is 0.220 e. The van der Waals surface area contributed by atoms with Crippen LogP contribution in [0.15, 0.2) is 12.2 Å². The molecular weight excluding hydrogens is 707 g/mol. The summed E-state index contributed by atoms with van der Waals surface area (Å²) in [5, 5.41) is 54.2. The highest BCUT2D eigenvalue weighted by Gasteiger charge is 2.44.